The van der Waals surface area contributed by atoms with Crippen molar-refractivity contribution in [2.75, 3.05) is 19.0 Å². The van der Waals surface area contributed by atoms with Crippen LogP contribution in [0.1, 0.15) is 18.5 Å². The van der Waals surface area contributed by atoms with Crippen molar-refractivity contribution in [3.63, 3.8) is 0 Å². The van der Waals surface area contributed by atoms with E-state index in [0.717, 1.165) is 7.11 Å². The lowest BCUT2D eigenvalue weighted by Crippen LogP contribution is -2.32. The zero-order chi connectivity index (χ0) is 17.6. The molecule has 0 saturated carbocycles. The average Bonchev–Trinajstić information content (AvgIpc) is 2.48. The normalized spacial score (nSPS) is 11.7. The van der Waals surface area contributed by atoms with Gasteiger partial charge in [-0.25, -0.2) is 9.78 Å². The third kappa shape index (κ3) is 5.11. The zero-order valence-electron chi connectivity index (χ0n) is 12.4. The molecule has 10 nitrogen and oxygen atoms in total. The molecule has 1 heterocycles. The quantitative estimate of drug-likeness (QED) is 0.299. The van der Waals surface area contributed by atoms with E-state index in [0.29, 0.717) is 0 Å². The van der Waals surface area contributed by atoms with E-state index >= 15 is 0 Å². The van der Waals surface area contributed by atoms with Crippen LogP contribution in [0.15, 0.2) is 0 Å². The number of nitrogens with zero attached hydrogens (tertiary/aromatic N) is 3. The topological polar surface area (TPSA) is 145 Å². The minimum absolute atomic E-state index is 0.0209. The Bertz CT molecular complexity index is 624. The van der Waals surface area contributed by atoms with Crippen LogP contribution < -0.4 is 5.32 Å². The standard InChI is InChI=1S/C12H15ClN4O6/c1-6-9(17(21)22)10(16-12(13)14-6)15-8(11(20)23-2)4-3-7(19)5-18/h8,18H,3-5H2,1-2H3,(H,14,15,16). The van der Waals surface area contributed by atoms with Gasteiger partial charge < -0.3 is 15.2 Å². The number of carbonyl (C=O) groups is 2. The number of nitro groups is 1. The van der Waals surface area contributed by atoms with Gasteiger partial charge in [-0.2, -0.15) is 4.98 Å². The van der Waals surface area contributed by atoms with Gasteiger partial charge in [0.05, 0.1) is 12.0 Å². The summed E-state index contributed by atoms with van der Waals surface area (Å²) in [7, 11) is 1.14. The van der Waals surface area contributed by atoms with Crippen LogP contribution in [0, 0.1) is 17.0 Å². The molecule has 1 rings (SSSR count). The summed E-state index contributed by atoms with van der Waals surface area (Å²) >= 11 is 5.69. The third-order valence-corrected chi connectivity index (χ3v) is 3.07. The number of halogens is 1. The molecule has 1 aromatic heterocycles. The third-order valence-electron chi connectivity index (χ3n) is 2.90. The van der Waals surface area contributed by atoms with E-state index in [1.165, 1.54) is 6.92 Å². The van der Waals surface area contributed by atoms with Gasteiger partial charge >= 0.3 is 11.7 Å². The molecular weight excluding hydrogens is 332 g/mol. The molecule has 0 radical (unpaired) electrons. The fraction of sp³-hybridized carbons (Fsp3) is 0.500. The van der Waals surface area contributed by atoms with Crippen LogP contribution in [0.4, 0.5) is 11.5 Å². The summed E-state index contributed by atoms with van der Waals surface area (Å²) in [5.41, 5.74) is -0.413. The maximum Gasteiger partial charge on any atom is 0.332 e. The number of anilines is 1. The molecule has 0 aliphatic carbocycles. The van der Waals surface area contributed by atoms with Crippen LogP contribution in [0.3, 0.4) is 0 Å². The predicted molar refractivity (Wildman–Crippen MR) is 79.2 cm³/mol. The molecule has 0 spiro atoms. The Balaban J connectivity index is 3.10. The fourth-order valence-electron chi connectivity index (χ4n) is 1.79. The lowest BCUT2D eigenvalue weighted by atomic mass is 10.1. The highest BCUT2D eigenvalue weighted by Gasteiger charge is 2.27. The van der Waals surface area contributed by atoms with Crippen LogP contribution in [-0.2, 0) is 14.3 Å². The molecule has 0 aliphatic rings. The van der Waals surface area contributed by atoms with Gasteiger partial charge in [0.25, 0.3) is 0 Å². The Kier molecular flexibility index (Phi) is 6.79. The van der Waals surface area contributed by atoms with Crippen molar-refractivity contribution >= 4 is 34.9 Å². The van der Waals surface area contributed by atoms with Gasteiger partial charge in [0.15, 0.2) is 5.78 Å². The molecule has 0 aliphatic heterocycles. The Morgan fingerprint density at radius 2 is 2.13 bits per heavy atom. The van der Waals surface area contributed by atoms with Crippen LogP contribution in [0.2, 0.25) is 5.28 Å². The van der Waals surface area contributed by atoms with Crippen molar-refractivity contribution in [1.82, 2.24) is 9.97 Å². The number of Topliss-reactive ketones (excluding diaryl/α,β-unsaturated/α-hetero) is 1. The number of aryl methyl sites for hydroxylation is 1. The summed E-state index contributed by atoms with van der Waals surface area (Å²) in [6.45, 7) is 0.714. The first-order valence-electron chi connectivity index (χ1n) is 6.45. The first kappa shape index (κ1) is 18.7. The van der Waals surface area contributed by atoms with Crippen LogP contribution in [-0.4, -0.2) is 51.5 Å². The van der Waals surface area contributed by atoms with E-state index in [1.807, 2.05) is 0 Å². The highest BCUT2D eigenvalue weighted by Crippen LogP contribution is 2.27. The SMILES string of the molecule is COC(=O)C(CCC(=O)CO)Nc1nc(Cl)nc(C)c1[N+](=O)[O-]. The smallest absolute Gasteiger partial charge is 0.332 e. The maximum atomic E-state index is 11.8. The number of carbonyl (C=O) groups excluding carboxylic acids is 2. The summed E-state index contributed by atoms with van der Waals surface area (Å²) in [6, 6.07) is -1.07. The van der Waals surface area contributed by atoms with Crippen molar-refractivity contribution in [3.05, 3.63) is 21.1 Å². The summed E-state index contributed by atoms with van der Waals surface area (Å²) < 4.78 is 4.59. The van der Waals surface area contributed by atoms with Gasteiger partial charge in [-0.1, -0.05) is 0 Å². The molecule has 0 fully saturated rings. The van der Waals surface area contributed by atoms with Gasteiger partial charge in [-0.3, -0.25) is 14.9 Å². The number of hydrogen-bond donors (Lipinski definition) is 2. The van der Waals surface area contributed by atoms with Gasteiger partial charge in [-0.05, 0) is 24.9 Å². The Labute approximate surface area is 136 Å². The van der Waals surface area contributed by atoms with E-state index in [-0.39, 0.29) is 29.6 Å². The molecule has 1 aromatic rings. The van der Waals surface area contributed by atoms with Crippen molar-refractivity contribution in [2.45, 2.75) is 25.8 Å². The minimum atomic E-state index is -1.07. The molecule has 0 saturated heterocycles. The van der Waals surface area contributed by atoms with Crippen molar-refractivity contribution in [2.24, 2.45) is 0 Å². The molecule has 23 heavy (non-hydrogen) atoms. The molecule has 1 unspecified atom stereocenters. The van der Waals surface area contributed by atoms with Crippen LogP contribution >= 0.6 is 11.6 Å². The van der Waals surface area contributed by atoms with Crippen LogP contribution in [0.5, 0.6) is 0 Å². The second-order valence-corrected chi connectivity index (χ2v) is 4.83. The first-order valence-corrected chi connectivity index (χ1v) is 6.83. The second-order valence-electron chi connectivity index (χ2n) is 4.49. The van der Waals surface area contributed by atoms with Gasteiger partial charge in [0.2, 0.25) is 11.1 Å². The Morgan fingerprint density at radius 3 is 2.65 bits per heavy atom. The number of hydrogen-bond acceptors (Lipinski definition) is 9. The second kappa shape index (κ2) is 8.34. The number of rotatable bonds is 8. The summed E-state index contributed by atoms with van der Waals surface area (Å²) in [6.07, 6.45) is -0.154. The highest BCUT2D eigenvalue weighted by atomic mass is 35.5. The molecular formula is C12H15ClN4O6. The van der Waals surface area contributed by atoms with Crippen molar-refractivity contribution < 1.29 is 24.4 Å². The number of aliphatic hydroxyl groups excluding tert-OH is 1. The van der Waals surface area contributed by atoms with E-state index < -0.39 is 35.0 Å². The molecule has 126 valence electrons. The van der Waals surface area contributed by atoms with Crippen LogP contribution in [0.25, 0.3) is 0 Å². The van der Waals surface area contributed by atoms with E-state index in [1.54, 1.807) is 0 Å². The maximum absolute atomic E-state index is 11.8. The summed E-state index contributed by atoms with van der Waals surface area (Å²) in [5, 5.41) is 22.2. The van der Waals surface area contributed by atoms with Gasteiger partial charge in [0, 0.05) is 6.42 Å². The van der Waals surface area contributed by atoms with E-state index in [9.17, 15) is 19.7 Å². The van der Waals surface area contributed by atoms with E-state index in [2.05, 4.69) is 20.0 Å². The van der Waals surface area contributed by atoms with Crippen molar-refractivity contribution in [1.29, 1.82) is 0 Å². The number of aliphatic hydroxyl groups is 1. The molecule has 0 aromatic carbocycles. The molecule has 11 heteroatoms. The minimum Gasteiger partial charge on any atom is -0.467 e. The number of nitrogens with one attached hydrogen (secondary N) is 1. The molecule has 2 N–H and O–H groups in total. The Morgan fingerprint density at radius 1 is 1.48 bits per heavy atom. The van der Waals surface area contributed by atoms with Gasteiger partial charge in [0.1, 0.15) is 18.3 Å². The highest BCUT2D eigenvalue weighted by molar-refractivity contribution is 6.28. The number of ketones is 1. The van der Waals surface area contributed by atoms with E-state index in [4.69, 9.17) is 16.7 Å². The van der Waals surface area contributed by atoms with Crippen molar-refractivity contribution in [3.8, 4) is 0 Å². The van der Waals surface area contributed by atoms with Gasteiger partial charge in [-0.15, -0.1) is 0 Å². The fourth-order valence-corrected chi connectivity index (χ4v) is 2.00. The lowest BCUT2D eigenvalue weighted by molar-refractivity contribution is -0.385. The largest absolute Gasteiger partial charge is 0.467 e. The number of ether oxygens (including phenoxy) is 1. The molecule has 0 bridgehead atoms. The Hall–Kier alpha value is -2.33. The average molecular weight is 347 g/mol. The summed E-state index contributed by atoms with van der Waals surface area (Å²) in [5.74, 6) is -1.47. The molecule has 1 atom stereocenters. The monoisotopic (exact) mass is 346 g/mol. The molecule has 0 amide bonds. The first-order chi connectivity index (χ1) is 10.8. The number of methoxy groups -OCH3 is 1. The number of aromatic nitrogens is 2. The zero-order valence-corrected chi connectivity index (χ0v) is 13.2. The number of esters is 1. The summed E-state index contributed by atoms with van der Waals surface area (Å²) in [4.78, 5) is 40.8. The lowest BCUT2D eigenvalue weighted by Gasteiger charge is -2.16. The predicted octanol–water partition coefficient (Wildman–Crippen LogP) is 0.642.